The highest BCUT2D eigenvalue weighted by atomic mass is 19.4. The van der Waals surface area contributed by atoms with Gasteiger partial charge in [0.05, 0.1) is 0 Å². The molecule has 3 nitrogen and oxygen atoms in total. The van der Waals surface area contributed by atoms with Crippen molar-refractivity contribution in [3.63, 3.8) is 0 Å². The second kappa shape index (κ2) is 5.52. The summed E-state index contributed by atoms with van der Waals surface area (Å²) in [5.41, 5.74) is 0. The van der Waals surface area contributed by atoms with E-state index in [0.717, 1.165) is 25.7 Å². The van der Waals surface area contributed by atoms with Gasteiger partial charge in [0.2, 0.25) is 5.91 Å². The Labute approximate surface area is 92.3 Å². The first-order valence-corrected chi connectivity index (χ1v) is 5.37. The highest BCUT2D eigenvalue weighted by Crippen LogP contribution is 2.18. The predicted molar refractivity (Wildman–Crippen MR) is 51.9 cm³/mol. The molecule has 1 amide bonds. The van der Waals surface area contributed by atoms with Crippen LogP contribution in [0.15, 0.2) is 0 Å². The molecule has 1 aliphatic carbocycles. The minimum absolute atomic E-state index is 0.101. The van der Waals surface area contributed by atoms with Gasteiger partial charge in [-0.15, -0.1) is 0 Å². The number of nitrogens with one attached hydrogen (secondary N) is 1. The molecule has 1 saturated carbocycles. The van der Waals surface area contributed by atoms with Gasteiger partial charge in [-0.3, -0.25) is 4.79 Å². The van der Waals surface area contributed by atoms with Crippen LogP contribution >= 0.6 is 0 Å². The Kier molecular flexibility index (Phi) is 4.58. The predicted octanol–water partition coefficient (Wildman–Crippen LogP) is 2.01. The van der Waals surface area contributed by atoms with E-state index in [1.807, 2.05) is 0 Å². The van der Waals surface area contributed by atoms with Gasteiger partial charge in [0.1, 0.15) is 12.7 Å². The highest BCUT2D eigenvalue weighted by Gasteiger charge is 2.30. The monoisotopic (exact) mass is 239 g/mol. The van der Waals surface area contributed by atoms with E-state index >= 15 is 0 Å². The summed E-state index contributed by atoms with van der Waals surface area (Å²) in [5.74, 6) is -0.462. The molecule has 0 radical (unpaired) electrons. The number of carbonyl (C=O) groups excluding carboxylic acids is 1. The molecule has 94 valence electrons. The fourth-order valence-corrected chi connectivity index (χ4v) is 1.68. The maximum atomic E-state index is 11.8. The number of ether oxygens (including phenoxy) is 1. The summed E-state index contributed by atoms with van der Waals surface area (Å²) in [6, 6.07) is 0.101. The SMILES string of the molecule is C[C@H](OCC(F)(F)F)C(=O)NC1CCCC1. The van der Waals surface area contributed by atoms with E-state index in [9.17, 15) is 18.0 Å². The molecule has 0 aromatic carbocycles. The van der Waals surface area contributed by atoms with Crippen molar-refractivity contribution < 1.29 is 22.7 Å². The minimum atomic E-state index is -4.39. The first-order valence-electron chi connectivity index (χ1n) is 5.37. The van der Waals surface area contributed by atoms with E-state index in [2.05, 4.69) is 10.1 Å². The van der Waals surface area contributed by atoms with Crippen LogP contribution in [-0.4, -0.2) is 30.8 Å². The molecule has 0 unspecified atom stereocenters. The number of halogens is 3. The Morgan fingerprint density at radius 2 is 2.00 bits per heavy atom. The zero-order valence-corrected chi connectivity index (χ0v) is 9.14. The largest absolute Gasteiger partial charge is 0.411 e. The Balaban J connectivity index is 2.24. The fourth-order valence-electron chi connectivity index (χ4n) is 1.68. The molecule has 1 N–H and O–H groups in total. The Morgan fingerprint density at radius 1 is 1.44 bits per heavy atom. The molecule has 16 heavy (non-hydrogen) atoms. The number of hydrogen-bond acceptors (Lipinski definition) is 2. The van der Waals surface area contributed by atoms with E-state index in [1.165, 1.54) is 6.92 Å². The lowest BCUT2D eigenvalue weighted by Gasteiger charge is -2.17. The van der Waals surface area contributed by atoms with Crippen molar-refractivity contribution in [2.24, 2.45) is 0 Å². The maximum Gasteiger partial charge on any atom is 0.411 e. The number of amides is 1. The second-order valence-corrected chi connectivity index (χ2v) is 4.06. The van der Waals surface area contributed by atoms with Crippen molar-refractivity contribution in [2.75, 3.05) is 6.61 Å². The van der Waals surface area contributed by atoms with Crippen molar-refractivity contribution >= 4 is 5.91 Å². The highest BCUT2D eigenvalue weighted by molar-refractivity contribution is 5.80. The summed E-state index contributed by atoms with van der Waals surface area (Å²) < 4.78 is 39.9. The molecule has 1 aliphatic rings. The van der Waals surface area contributed by atoms with E-state index < -0.39 is 24.8 Å². The Bertz CT molecular complexity index is 237. The average Bonchev–Trinajstić information content (AvgIpc) is 2.65. The van der Waals surface area contributed by atoms with Gasteiger partial charge in [0.25, 0.3) is 0 Å². The van der Waals surface area contributed by atoms with E-state index in [0.29, 0.717) is 0 Å². The van der Waals surface area contributed by atoms with Gasteiger partial charge in [-0.1, -0.05) is 12.8 Å². The smallest absolute Gasteiger partial charge is 0.359 e. The van der Waals surface area contributed by atoms with Gasteiger partial charge < -0.3 is 10.1 Å². The number of rotatable bonds is 4. The molecule has 0 spiro atoms. The maximum absolute atomic E-state index is 11.8. The van der Waals surface area contributed by atoms with Crippen molar-refractivity contribution in [1.29, 1.82) is 0 Å². The van der Waals surface area contributed by atoms with Crippen molar-refractivity contribution in [1.82, 2.24) is 5.32 Å². The van der Waals surface area contributed by atoms with Crippen molar-refractivity contribution in [2.45, 2.75) is 50.9 Å². The molecule has 0 aliphatic heterocycles. The minimum Gasteiger partial charge on any atom is -0.359 e. The molecule has 0 heterocycles. The normalized spacial score (nSPS) is 19.8. The molecular formula is C10H16F3NO2. The quantitative estimate of drug-likeness (QED) is 0.815. The number of hydrogen-bond donors (Lipinski definition) is 1. The second-order valence-electron chi connectivity index (χ2n) is 4.06. The molecule has 0 bridgehead atoms. The van der Waals surface area contributed by atoms with Crippen LogP contribution in [-0.2, 0) is 9.53 Å². The first kappa shape index (κ1) is 13.3. The molecule has 0 aromatic heterocycles. The third kappa shape index (κ3) is 4.83. The van der Waals surface area contributed by atoms with Crippen LogP contribution in [0, 0.1) is 0 Å². The van der Waals surface area contributed by atoms with Crippen LogP contribution in [0.1, 0.15) is 32.6 Å². The average molecular weight is 239 g/mol. The molecule has 6 heteroatoms. The standard InChI is InChI=1S/C10H16F3NO2/c1-7(16-6-10(11,12)13)9(15)14-8-4-2-3-5-8/h7-8H,2-6H2,1H3,(H,14,15)/t7-/m0/s1. The zero-order chi connectivity index (χ0) is 12.2. The number of carbonyl (C=O) groups is 1. The molecule has 1 atom stereocenters. The first-order chi connectivity index (χ1) is 7.38. The summed E-state index contributed by atoms with van der Waals surface area (Å²) in [6.45, 7) is -0.0533. The van der Waals surface area contributed by atoms with Crippen LogP contribution in [0.2, 0.25) is 0 Å². The van der Waals surface area contributed by atoms with Gasteiger partial charge in [-0.25, -0.2) is 0 Å². The molecule has 1 fully saturated rings. The van der Waals surface area contributed by atoms with Crippen LogP contribution in [0.5, 0.6) is 0 Å². The summed E-state index contributed by atoms with van der Waals surface area (Å²) in [4.78, 5) is 11.4. The molecule has 1 rings (SSSR count). The van der Waals surface area contributed by atoms with E-state index in [4.69, 9.17) is 0 Å². The summed E-state index contributed by atoms with van der Waals surface area (Å²) in [5, 5.41) is 2.68. The van der Waals surface area contributed by atoms with Crippen LogP contribution in [0.3, 0.4) is 0 Å². The van der Waals surface area contributed by atoms with Gasteiger partial charge >= 0.3 is 6.18 Å². The Hall–Kier alpha value is -0.780. The van der Waals surface area contributed by atoms with Crippen LogP contribution in [0.4, 0.5) is 13.2 Å². The summed E-state index contributed by atoms with van der Waals surface area (Å²) in [6.07, 6.45) is -1.52. The van der Waals surface area contributed by atoms with Crippen molar-refractivity contribution in [3.8, 4) is 0 Å². The van der Waals surface area contributed by atoms with Crippen LogP contribution < -0.4 is 5.32 Å². The van der Waals surface area contributed by atoms with Gasteiger partial charge in [0, 0.05) is 6.04 Å². The summed E-state index contributed by atoms with van der Waals surface area (Å²) >= 11 is 0. The van der Waals surface area contributed by atoms with Crippen LogP contribution in [0.25, 0.3) is 0 Å². The van der Waals surface area contributed by atoms with Gasteiger partial charge in [-0.05, 0) is 19.8 Å². The van der Waals surface area contributed by atoms with E-state index in [-0.39, 0.29) is 6.04 Å². The fraction of sp³-hybridized carbons (Fsp3) is 0.900. The lowest BCUT2D eigenvalue weighted by molar-refractivity contribution is -0.185. The summed E-state index contributed by atoms with van der Waals surface area (Å²) in [7, 11) is 0. The van der Waals surface area contributed by atoms with Crippen molar-refractivity contribution in [3.05, 3.63) is 0 Å². The Morgan fingerprint density at radius 3 is 2.50 bits per heavy atom. The van der Waals surface area contributed by atoms with Gasteiger partial charge in [0.15, 0.2) is 0 Å². The third-order valence-electron chi connectivity index (χ3n) is 2.57. The third-order valence-corrected chi connectivity index (χ3v) is 2.57. The lowest BCUT2D eigenvalue weighted by Crippen LogP contribution is -2.41. The van der Waals surface area contributed by atoms with E-state index in [1.54, 1.807) is 0 Å². The molecule has 0 aromatic rings. The number of alkyl halides is 3. The zero-order valence-electron chi connectivity index (χ0n) is 9.14. The molecule has 0 saturated heterocycles. The molecular weight excluding hydrogens is 223 g/mol. The lowest BCUT2D eigenvalue weighted by atomic mass is 10.2. The van der Waals surface area contributed by atoms with Gasteiger partial charge in [-0.2, -0.15) is 13.2 Å². The topological polar surface area (TPSA) is 38.3 Å².